The highest BCUT2D eigenvalue weighted by Crippen LogP contribution is 2.29. The van der Waals surface area contributed by atoms with Crippen molar-refractivity contribution in [2.45, 2.75) is 6.61 Å². The van der Waals surface area contributed by atoms with Gasteiger partial charge in [-0.1, -0.05) is 0 Å². The minimum atomic E-state index is -1.66. The van der Waals surface area contributed by atoms with Crippen LogP contribution in [0.15, 0.2) is 45.4 Å². The third-order valence-corrected chi connectivity index (χ3v) is 5.10. The lowest BCUT2D eigenvalue weighted by atomic mass is 10.1. The molecule has 0 saturated carbocycles. The van der Waals surface area contributed by atoms with Crippen LogP contribution in [0.1, 0.15) is 11.1 Å². The van der Waals surface area contributed by atoms with Gasteiger partial charge in [-0.15, -0.1) is 5.10 Å². The molecule has 0 bridgehead atoms. The van der Waals surface area contributed by atoms with Crippen LogP contribution in [-0.4, -0.2) is 37.5 Å². The van der Waals surface area contributed by atoms with Gasteiger partial charge in [-0.2, -0.15) is 13.9 Å². The standard InChI is InChI=1S/C21H15F4N3O5S/c1-31-14-4-3-10(8-26-28-21-27-20(30)15(34-21)7-16(29)32-2)5-11(14)9-33-19-17(24)12(22)6-13(23)18(19)25/h3-8H,9H2,1-2H3,(H,27,28,30)/b15-7+,26-8?. The molecule has 1 N–H and O–H groups in total. The number of amides is 1. The molecule has 1 fully saturated rings. The molecule has 0 aliphatic carbocycles. The summed E-state index contributed by atoms with van der Waals surface area (Å²) in [6.07, 6.45) is 2.31. The Hall–Kier alpha value is -3.87. The van der Waals surface area contributed by atoms with E-state index in [0.29, 0.717) is 5.56 Å². The van der Waals surface area contributed by atoms with Crippen molar-refractivity contribution in [2.24, 2.45) is 10.2 Å². The smallest absolute Gasteiger partial charge is 0.331 e. The zero-order valence-corrected chi connectivity index (χ0v) is 18.3. The summed E-state index contributed by atoms with van der Waals surface area (Å²) >= 11 is 0.881. The van der Waals surface area contributed by atoms with Crippen LogP contribution in [-0.2, 0) is 20.9 Å². The van der Waals surface area contributed by atoms with E-state index in [1.807, 2.05) is 0 Å². The number of rotatable bonds is 7. The van der Waals surface area contributed by atoms with Crippen molar-refractivity contribution in [1.82, 2.24) is 5.32 Å². The Kier molecular flexibility index (Phi) is 7.89. The van der Waals surface area contributed by atoms with Crippen LogP contribution >= 0.6 is 11.8 Å². The number of halogens is 4. The highest BCUT2D eigenvalue weighted by molar-refractivity contribution is 8.18. The Morgan fingerprint density at radius 2 is 1.82 bits per heavy atom. The normalized spacial score (nSPS) is 15.8. The maximum atomic E-state index is 13.8. The van der Waals surface area contributed by atoms with E-state index in [9.17, 15) is 27.2 Å². The first-order chi connectivity index (χ1) is 16.2. The summed E-state index contributed by atoms with van der Waals surface area (Å²) in [4.78, 5) is 23.1. The molecular weight excluding hydrogens is 482 g/mol. The van der Waals surface area contributed by atoms with Gasteiger partial charge in [0.05, 0.1) is 25.3 Å². The molecule has 2 aromatic rings. The number of carbonyl (C=O) groups is 2. The molecule has 0 unspecified atom stereocenters. The number of hydrogen-bond acceptors (Lipinski definition) is 8. The molecule has 8 nitrogen and oxygen atoms in total. The van der Waals surface area contributed by atoms with Crippen LogP contribution in [0.4, 0.5) is 17.6 Å². The SMILES string of the molecule is COC(=O)/C=C1/S/C(=N\N=Cc2ccc(OC)c(COc3c(F)c(F)cc(F)c3F)c2)NC1=O. The number of carbonyl (C=O) groups excluding carboxylic acids is 2. The number of ether oxygens (including phenoxy) is 3. The number of thioether (sulfide) groups is 1. The third kappa shape index (κ3) is 5.73. The summed E-state index contributed by atoms with van der Waals surface area (Å²) in [5.74, 6) is -8.68. The van der Waals surface area contributed by atoms with E-state index in [4.69, 9.17) is 9.47 Å². The number of methoxy groups -OCH3 is 2. The molecule has 2 aromatic carbocycles. The Labute approximate surface area is 194 Å². The summed E-state index contributed by atoms with van der Waals surface area (Å²) in [7, 11) is 2.52. The van der Waals surface area contributed by atoms with E-state index in [2.05, 4.69) is 20.3 Å². The number of nitrogens with zero attached hydrogens (tertiary/aromatic N) is 2. The molecule has 34 heavy (non-hydrogen) atoms. The summed E-state index contributed by atoms with van der Waals surface area (Å²) in [5.41, 5.74) is 0.740. The molecule has 1 heterocycles. The van der Waals surface area contributed by atoms with Crippen LogP contribution in [0.5, 0.6) is 11.5 Å². The van der Waals surface area contributed by atoms with E-state index in [0.717, 1.165) is 17.8 Å². The third-order valence-electron chi connectivity index (χ3n) is 4.20. The van der Waals surface area contributed by atoms with Gasteiger partial charge in [-0.25, -0.2) is 13.6 Å². The first-order valence-electron chi connectivity index (χ1n) is 9.26. The van der Waals surface area contributed by atoms with Crippen molar-refractivity contribution in [3.8, 4) is 11.5 Å². The molecule has 0 aromatic heterocycles. The van der Waals surface area contributed by atoms with Crippen LogP contribution in [0.25, 0.3) is 0 Å². The van der Waals surface area contributed by atoms with E-state index in [1.54, 1.807) is 6.07 Å². The monoisotopic (exact) mass is 497 g/mol. The minimum Gasteiger partial charge on any atom is -0.496 e. The lowest BCUT2D eigenvalue weighted by Crippen LogP contribution is -2.19. The largest absolute Gasteiger partial charge is 0.496 e. The van der Waals surface area contributed by atoms with Crippen LogP contribution in [0.3, 0.4) is 0 Å². The van der Waals surface area contributed by atoms with Gasteiger partial charge in [0.2, 0.25) is 11.6 Å². The quantitative estimate of drug-likeness (QED) is 0.157. The predicted molar refractivity (Wildman–Crippen MR) is 114 cm³/mol. The Morgan fingerprint density at radius 1 is 1.12 bits per heavy atom. The van der Waals surface area contributed by atoms with Crippen molar-refractivity contribution in [3.63, 3.8) is 0 Å². The molecule has 1 amide bonds. The van der Waals surface area contributed by atoms with Gasteiger partial charge in [0.1, 0.15) is 12.4 Å². The average molecular weight is 497 g/mol. The minimum absolute atomic E-state index is 0.0793. The highest BCUT2D eigenvalue weighted by atomic mass is 32.2. The summed E-state index contributed by atoms with van der Waals surface area (Å²) in [5, 5.41) is 10.2. The maximum Gasteiger partial charge on any atom is 0.331 e. The fourth-order valence-corrected chi connectivity index (χ4v) is 3.35. The second kappa shape index (κ2) is 10.8. The number of nitrogens with one attached hydrogen (secondary N) is 1. The topological polar surface area (TPSA) is 98.6 Å². The Morgan fingerprint density at radius 3 is 2.47 bits per heavy atom. The number of benzene rings is 2. The van der Waals surface area contributed by atoms with Crippen LogP contribution < -0.4 is 14.8 Å². The Bertz CT molecular complexity index is 1210. The fourth-order valence-electron chi connectivity index (χ4n) is 2.61. The molecule has 0 spiro atoms. The van der Waals surface area contributed by atoms with Crippen molar-refractivity contribution < 1.29 is 41.4 Å². The Balaban J connectivity index is 1.76. The van der Waals surface area contributed by atoms with Crippen LogP contribution in [0, 0.1) is 23.3 Å². The molecule has 178 valence electrons. The van der Waals surface area contributed by atoms with Gasteiger partial charge in [-0.05, 0) is 35.5 Å². The lowest BCUT2D eigenvalue weighted by molar-refractivity contribution is -0.135. The molecule has 0 radical (unpaired) electrons. The van der Waals surface area contributed by atoms with Crippen molar-refractivity contribution in [2.75, 3.05) is 14.2 Å². The van der Waals surface area contributed by atoms with Gasteiger partial charge >= 0.3 is 5.97 Å². The van der Waals surface area contributed by atoms with Crippen molar-refractivity contribution in [1.29, 1.82) is 0 Å². The molecule has 1 aliphatic heterocycles. The molecular formula is C21H15F4N3O5S. The van der Waals surface area contributed by atoms with Gasteiger partial charge in [0.25, 0.3) is 5.91 Å². The maximum absolute atomic E-state index is 13.8. The van der Waals surface area contributed by atoms with Gasteiger partial charge < -0.3 is 14.2 Å². The summed E-state index contributed by atoms with van der Waals surface area (Å²) in [6.45, 7) is -0.482. The van der Waals surface area contributed by atoms with E-state index in [1.165, 1.54) is 32.6 Å². The molecule has 1 aliphatic rings. The zero-order chi connectivity index (χ0) is 24.8. The summed E-state index contributed by atoms with van der Waals surface area (Å²) in [6, 6.07) is 4.65. The van der Waals surface area contributed by atoms with Crippen molar-refractivity contribution >= 4 is 35.0 Å². The fraction of sp³-hybridized carbons (Fsp3) is 0.143. The summed E-state index contributed by atoms with van der Waals surface area (Å²) < 4.78 is 69.0. The molecule has 0 atom stereocenters. The van der Waals surface area contributed by atoms with E-state index in [-0.39, 0.29) is 27.5 Å². The van der Waals surface area contributed by atoms with Gasteiger partial charge in [0.15, 0.2) is 22.6 Å². The zero-order valence-electron chi connectivity index (χ0n) is 17.5. The first kappa shape index (κ1) is 24.8. The van der Waals surface area contributed by atoms with Gasteiger partial charge in [0, 0.05) is 17.7 Å². The molecule has 13 heteroatoms. The first-order valence-corrected chi connectivity index (χ1v) is 10.1. The van der Waals surface area contributed by atoms with Crippen LogP contribution in [0.2, 0.25) is 0 Å². The lowest BCUT2D eigenvalue weighted by Gasteiger charge is -2.12. The molecule has 3 rings (SSSR count). The molecule has 1 saturated heterocycles. The number of amidine groups is 1. The second-order valence-corrected chi connectivity index (χ2v) is 7.43. The second-order valence-electron chi connectivity index (χ2n) is 6.39. The number of hydrogen-bond donors (Lipinski definition) is 1. The highest BCUT2D eigenvalue weighted by Gasteiger charge is 2.25. The number of esters is 1. The van der Waals surface area contributed by atoms with E-state index < -0.39 is 47.5 Å². The van der Waals surface area contributed by atoms with Gasteiger partial charge in [-0.3, -0.25) is 10.1 Å². The van der Waals surface area contributed by atoms with E-state index >= 15 is 0 Å². The van der Waals surface area contributed by atoms with Crippen molar-refractivity contribution in [3.05, 3.63) is 69.6 Å². The predicted octanol–water partition coefficient (Wildman–Crippen LogP) is 3.44. The average Bonchev–Trinajstić information content (AvgIpc) is 3.16.